The summed E-state index contributed by atoms with van der Waals surface area (Å²) in [4.78, 5) is 62.8. The van der Waals surface area contributed by atoms with Crippen molar-refractivity contribution in [3.63, 3.8) is 0 Å². The molecule has 0 radical (unpaired) electrons. The van der Waals surface area contributed by atoms with Crippen LogP contribution in [0.3, 0.4) is 0 Å². The SMILES string of the molecule is C[C@@H]1OC(=O)C[C@H](C)OC(=O)/C=C/C(=O)[C@H](C)N(Cc2ccccc2)C(=O)/C=C/C1=O. The van der Waals surface area contributed by atoms with Gasteiger partial charge in [-0.1, -0.05) is 30.3 Å². The zero-order chi connectivity index (χ0) is 23.0. The monoisotopic (exact) mass is 427 g/mol. The highest BCUT2D eigenvalue weighted by atomic mass is 16.6. The van der Waals surface area contributed by atoms with Gasteiger partial charge in [-0.2, -0.15) is 0 Å². The fourth-order valence-corrected chi connectivity index (χ4v) is 2.83. The predicted molar refractivity (Wildman–Crippen MR) is 110 cm³/mol. The lowest BCUT2D eigenvalue weighted by Gasteiger charge is -2.27. The summed E-state index contributed by atoms with van der Waals surface area (Å²) in [5.41, 5.74) is 0.782. The molecule has 0 N–H and O–H groups in total. The zero-order valence-corrected chi connectivity index (χ0v) is 17.6. The number of cyclic esters (lactones) is 2. The molecule has 8 nitrogen and oxygen atoms in total. The van der Waals surface area contributed by atoms with E-state index < -0.39 is 47.7 Å². The number of ketones is 2. The lowest BCUT2D eigenvalue weighted by atomic mass is 10.1. The summed E-state index contributed by atoms with van der Waals surface area (Å²) < 4.78 is 10.1. The van der Waals surface area contributed by atoms with Crippen molar-refractivity contribution >= 4 is 29.4 Å². The molecule has 0 spiro atoms. The highest BCUT2D eigenvalue weighted by Gasteiger charge is 2.25. The van der Waals surface area contributed by atoms with Gasteiger partial charge in [0, 0.05) is 18.7 Å². The van der Waals surface area contributed by atoms with E-state index in [0.717, 1.165) is 29.9 Å². The predicted octanol–water partition coefficient (Wildman–Crippen LogP) is 1.92. The Kier molecular flexibility index (Phi) is 8.43. The Hall–Kier alpha value is -3.55. The van der Waals surface area contributed by atoms with Crippen LogP contribution in [0.5, 0.6) is 0 Å². The van der Waals surface area contributed by atoms with E-state index >= 15 is 0 Å². The standard InChI is InChI=1S/C23H25NO7/c1-15-13-23(29)31-17(3)20(26)9-11-21(27)24(14-18-7-5-4-6-8-18)16(2)19(25)10-12-22(28)30-15/h4-12,15-17H,13-14H2,1-3H3/b11-9+,12-10+/t15-,16-,17-/m0/s1. The topological polar surface area (TPSA) is 107 Å². The minimum atomic E-state index is -1.12. The van der Waals surface area contributed by atoms with Crippen LogP contribution < -0.4 is 0 Å². The largest absolute Gasteiger partial charge is 0.459 e. The van der Waals surface area contributed by atoms with E-state index in [0.29, 0.717) is 0 Å². The minimum absolute atomic E-state index is 0.116. The highest BCUT2D eigenvalue weighted by Crippen LogP contribution is 2.12. The molecule has 0 aliphatic carbocycles. The Bertz CT molecular complexity index is 904. The number of nitrogens with zero attached hydrogens (tertiary/aromatic N) is 1. The molecular weight excluding hydrogens is 402 g/mol. The summed E-state index contributed by atoms with van der Waals surface area (Å²) in [6, 6.07) is 8.12. The van der Waals surface area contributed by atoms with E-state index in [-0.39, 0.29) is 13.0 Å². The van der Waals surface area contributed by atoms with Crippen LogP contribution in [-0.4, -0.2) is 52.6 Å². The molecule has 0 fully saturated rings. The molecule has 8 heteroatoms. The van der Waals surface area contributed by atoms with E-state index in [1.165, 1.54) is 25.7 Å². The van der Waals surface area contributed by atoms with E-state index in [1.54, 1.807) is 24.3 Å². The van der Waals surface area contributed by atoms with Gasteiger partial charge in [0.05, 0.1) is 12.5 Å². The molecule has 2 rings (SSSR count). The first-order chi connectivity index (χ1) is 14.7. The maximum atomic E-state index is 12.8. The van der Waals surface area contributed by atoms with Crippen LogP contribution in [-0.2, 0) is 40.0 Å². The second-order valence-corrected chi connectivity index (χ2v) is 7.18. The molecule has 0 saturated heterocycles. The minimum Gasteiger partial charge on any atom is -0.459 e. The third-order valence-electron chi connectivity index (χ3n) is 4.61. The van der Waals surface area contributed by atoms with Crippen molar-refractivity contribution in [1.82, 2.24) is 4.90 Å². The fourth-order valence-electron chi connectivity index (χ4n) is 2.83. The van der Waals surface area contributed by atoms with Crippen LogP contribution >= 0.6 is 0 Å². The van der Waals surface area contributed by atoms with Crippen molar-refractivity contribution in [3.05, 3.63) is 60.2 Å². The number of rotatable bonds is 2. The van der Waals surface area contributed by atoms with Crippen molar-refractivity contribution in [2.45, 2.75) is 52.0 Å². The van der Waals surface area contributed by atoms with E-state index in [9.17, 15) is 24.0 Å². The van der Waals surface area contributed by atoms with Crippen molar-refractivity contribution in [3.8, 4) is 0 Å². The van der Waals surface area contributed by atoms with Crippen molar-refractivity contribution in [1.29, 1.82) is 0 Å². The second kappa shape index (κ2) is 11.0. The number of hydrogen-bond acceptors (Lipinski definition) is 7. The van der Waals surface area contributed by atoms with Crippen LogP contribution in [0.25, 0.3) is 0 Å². The highest BCUT2D eigenvalue weighted by molar-refractivity contribution is 6.04. The number of benzene rings is 1. The first-order valence-corrected chi connectivity index (χ1v) is 9.86. The summed E-state index contributed by atoms with van der Waals surface area (Å²) in [6.45, 7) is 4.52. The smallest absolute Gasteiger partial charge is 0.331 e. The van der Waals surface area contributed by atoms with Crippen LogP contribution in [0.15, 0.2) is 54.6 Å². The first kappa shape index (κ1) is 23.7. The molecule has 1 aromatic rings. The molecular formula is C23H25NO7. The van der Waals surface area contributed by atoms with Crippen molar-refractivity contribution in [2.75, 3.05) is 0 Å². The summed E-state index contributed by atoms with van der Waals surface area (Å²) in [5, 5.41) is 0. The number of esters is 2. The van der Waals surface area contributed by atoms with Crippen molar-refractivity contribution in [2.24, 2.45) is 0 Å². The molecule has 1 amide bonds. The molecule has 0 bridgehead atoms. The Morgan fingerprint density at radius 1 is 0.839 bits per heavy atom. The molecule has 0 saturated carbocycles. The van der Waals surface area contributed by atoms with Gasteiger partial charge in [0.15, 0.2) is 17.7 Å². The van der Waals surface area contributed by atoms with E-state index in [4.69, 9.17) is 9.47 Å². The molecule has 1 heterocycles. The molecule has 1 aliphatic heterocycles. The van der Waals surface area contributed by atoms with Gasteiger partial charge in [0.1, 0.15) is 6.10 Å². The average Bonchev–Trinajstić information content (AvgIpc) is 2.73. The first-order valence-electron chi connectivity index (χ1n) is 9.86. The third-order valence-corrected chi connectivity index (χ3v) is 4.61. The van der Waals surface area contributed by atoms with Crippen LogP contribution in [0, 0.1) is 0 Å². The fraction of sp³-hybridized carbons (Fsp3) is 0.348. The molecule has 1 aromatic carbocycles. The van der Waals surface area contributed by atoms with Gasteiger partial charge in [-0.3, -0.25) is 19.2 Å². The van der Waals surface area contributed by atoms with Gasteiger partial charge in [-0.05, 0) is 38.5 Å². The maximum Gasteiger partial charge on any atom is 0.331 e. The van der Waals surface area contributed by atoms with Gasteiger partial charge in [0.25, 0.3) is 0 Å². The number of amides is 1. The van der Waals surface area contributed by atoms with E-state index in [1.807, 2.05) is 6.07 Å². The number of ether oxygens (including phenoxy) is 2. The van der Waals surface area contributed by atoms with Gasteiger partial charge < -0.3 is 14.4 Å². The summed E-state index contributed by atoms with van der Waals surface area (Å²) in [5.74, 6) is -3.19. The lowest BCUT2D eigenvalue weighted by Crippen LogP contribution is -2.41. The molecule has 0 unspecified atom stereocenters. The third kappa shape index (κ3) is 7.33. The quantitative estimate of drug-likeness (QED) is 0.664. The van der Waals surface area contributed by atoms with Crippen LogP contribution in [0.2, 0.25) is 0 Å². The molecule has 0 aromatic heterocycles. The zero-order valence-electron chi connectivity index (χ0n) is 17.6. The number of carbonyl (C=O) groups excluding carboxylic acids is 5. The summed E-state index contributed by atoms with van der Waals surface area (Å²) in [6.07, 6.45) is 1.89. The lowest BCUT2D eigenvalue weighted by molar-refractivity contribution is -0.157. The molecule has 164 valence electrons. The Morgan fingerprint density at radius 2 is 1.48 bits per heavy atom. The molecule has 31 heavy (non-hydrogen) atoms. The Balaban J connectivity index is 2.35. The maximum absolute atomic E-state index is 12.8. The van der Waals surface area contributed by atoms with Gasteiger partial charge in [-0.15, -0.1) is 0 Å². The molecule has 3 atom stereocenters. The average molecular weight is 427 g/mol. The van der Waals surface area contributed by atoms with Gasteiger partial charge in [0.2, 0.25) is 5.91 Å². The summed E-state index contributed by atoms with van der Waals surface area (Å²) in [7, 11) is 0. The van der Waals surface area contributed by atoms with Crippen molar-refractivity contribution < 1.29 is 33.4 Å². The normalized spacial score (nSPS) is 26.2. The Morgan fingerprint density at radius 3 is 2.16 bits per heavy atom. The number of carbonyl (C=O) groups is 5. The van der Waals surface area contributed by atoms with E-state index in [2.05, 4.69) is 0 Å². The molecule has 1 aliphatic rings. The van der Waals surface area contributed by atoms with Crippen LogP contribution in [0.1, 0.15) is 32.8 Å². The number of hydrogen-bond donors (Lipinski definition) is 0. The second-order valence-electron chi connectivity index (χ2n) is 7.18. The van der Waals surface area contributed by atoms with Crippen LogP contribution in [0.4, 0.5) is 0 Å². The van der Waals surface area contributed by atoms with Gasteiger partial charge >= 0.3 is 11.9 Å². The summed E-state index contributed by atoms with van der Waals surface area (Å²) >= 11 is 0. The Labute approximate surface area is 180 Å². The van der Waals surface area contributed by atoms with Gasteiger partial charge in [-0.25, -0.2) is 4.79 Å².